The van der Waals surface area contributed by atoms with Crippen molar-refractivity contribution in [1.82, 2.24) is 10.2 Å². The largest absolute Gasteiger partial charge is 0.477 e. The van der Waals surface area contributed by atoms with Gasteiger partial charge in [-0.1, -0.05) is 18.1 Å². The van der Waals surface area contributed by atoms with Gasteiger partial charge >= 0.3 is 0 Å². The molecule has 1 atom stereocenters. The molecule has 2 aliphatic rings. The molecular formula is C19H23N3O3. The Hall–Kier alpha value is -2.68. The Kier molecular flexibility index (Phi) is 5.44. The number of likely N-dealkylation sites (tertiary alicyclic amines) is 1. The van der Waals surface area contributed by atoms with Gasteiger partial charge in [0, 0.05) is 13.1 Å². The standard InChI is InChI=1S/C19H23N3O3/c1-2-10-20-18(23)14-22-13-17(19(24)21-11-6-3-7-12-21)25-16-9-5-4-8-15(16)22/h1,4-5,8-9,17H,3,6-7,10-14H2,(H,20,23)/t17-/m1/s1. The molecule has 6 nitrogen and oxygen atoms in total. The van der Waals surface area contributed by atoms with Gasteiger partial charge in [0.25, 0.3) is 5.91 Å². The average Bonchev–Trinajstić information content (AvgIpc) is 2.66. The summed E-state index contributed by atoms with van der Waals surface area (Å²) in [5.41, 5.74) is 0.820. The minimum Gasteiger partial charge on any atom is -0.477 e. The van der Waals surface area contributed by atoms with Gasteiger partial charge in [0.1, 0.15) is 5.75 Å². The normalized spacial score (nSPS) is 19.4. The number of para-hydroxylation sites is 2. The fraction of sp³-hybridized carbons (Fsp3) is 0.474. The zero-order valence-electron chi connectivity index (χ0n) is 14.2. The lowest BCUT2D eigenvalue weighted by atomic mass is 10.1. The van der Waals surface area contributed by atoms with Crippen LogP contribution in [0.5, 0.6) is 5.75 Å². The van der Waals surface area contributed by atoms with Crippen LogP contribution in [0.2, 0.25) is 0 Å². The molecule has 2 heterocycles. The molecule has 0 unspecified atom stereocenters. The fourth-order valence-electron chi connectivity index (χ4n) is 3.28. The monoisotopic (exact) mass is 341 g/mol. The van der Waals surface area contributed by atoms with Gasteiger partial charge in [-0.15, -0.1) is 6.42 Å². The second-order valence-corrected chi connectivity index (χ2v) is 6.32. The van der Waals surface area contributed by atoms with Gasteiger partial charge in [-0.2, -0.15) is 0 Å². The lowest BCUT2D eigenvalue weighted by Crippen LogP contribution is -2.53. The zero-order valence-corrected chi connectivity index (χ0v) is 14.2. The van der Waals surface area contributed by atoms with Crippen molar-refractivity contribution in [2.45, 2.75) is 25.4 Å². The molecule has 1 saturated heterocycles. The van der Waals surface area contributed by atoms with Crippen LogP contribution < -0.4 is 15.0 Å². The summed E-state index contributed by atoms with van der Waals surface area (Å²) in [6.45, 7) is 2.26. The lowest BCUT2D eigenvalue weighted by Gasteiger charge is -2.38. The number of amides is 2. The van der Waals surface area contributed by atoms with E-state index in [1.54, 1.807) is 0 Å². The highest BCUT2D eigenvalue weighted by molar-refractivity contribution is 5.86. The van der Waals surface area contributed by atoms with Gasteiger partial charge in [0.15, 0.2) is 6.10 Å². The molecule has 6 heteroatoms. The van der Waals surface area contributed by atoms with Crippen molar-refractivity contribution in [3.05, 3.63) is 24.3 Å². The number of ether oxygens (including phenoxy) is 1. The molecule has 0 bridgehead atoms. The molecule has 1 fully saturated rings. The molecule has 0 radical (unpaired) electrons. The third-order valence-electron chi connectivity index (χ3n) is 4.53. The molecule has 25 heavy (non-hydrogen) atoms. The number of benzene rings is 1. The highest BCUT2D eigenvalue weighted by atomic mass is 16.5. The van der Waals surface area contributed by atoms with E-state index >= 15 is 0 Å². The first-order chi connectivity index (χ1) is 12.2. The molecule has 0 spiro atoms. The van der Waals surface area contributed by atoms with E-state index in [1.165, 1.54) is 6.42 Å². The van der Waals surface area contributed by atoms with Crippen molar-refractivity contribution in [2.75, 3.05) is 37.6 Å². The van der Waals surface area contributed by atoms with Crippen LogP contribution in [0.25, 0.3) is 0 Å². The third-order valence-corrected chi connectivity index (χ3v) is 4.53. The molecule has 0 aromatic heterocycles. The predicted molar refractivity (Wildman–Crippen MR) is 95.3 cm³/mol. The highest BCUT2D eigenvalue weighted by Crippen LogP contribution is 2.33. The van der Waals surface area contributed by atoms with Crippen LogP contribution in [-0.4, -0.2) is 55.5 Å². The molecule has 2 amide bonds. The summed E-state index contributed by atoms with van der Waals surface area (Å²) < 4.78 is 5.94. The number of carbonyl (C=O) groups excluding carboxylic acids is 2. The van der Waals surface area contributed by atoms with E-state index < -0.39 is 6.10 Å². The summed E-state index contributed by atoms with van der Waals surface area (Å²) in [6, 6.07) is 7.48. The second-order valence-electron chi connectivity index (χ2n) is 6.32. The van der Waals surface area contributed by atoms with Gasteiger partial charge in [0.2, 0.25) is 5.91 Å². The third kappa shape index (κ3) is 4.05. The van der Waals surface area contributed by atoms with Crippen LogP contribution in [0, 0.1) is 12.3 Å². The molecule has 3 rings (SSSR count). The van der Waals surface area contributed by atoms with E-state index in [0.29, 0.717) is 12.3 Å². The first kappa shape index (κ1) is 17.2. The van der Waals surface area contributed by atoms with E-state index in [0.717, 1.165) is 31.6 Å². The summed E-state index contributed by atoms with van der Waals surface area (Å²) >= 11 is 0. The minimum absolute atomic E-state index is 0.00300. The summed E-state index contributed by atoms with van der Waals surface area (Å²) in [7, 11) is 0. The Morgan fingerprint density at radius 2 is 2.00 bits per heavy atom. The smallest absolute Gasteiger partial charge is 0.265 e. The summed E-state index contributed by atoms with van der Waals surface area (Å²) in [5.74, 6) is 2.86. The number of hydrogen-bond donors (Lipinski definition) is 1. The number of carbonyl (C=O) groups is 2. The molecule has 1 aromatic rings. The Balaban J connectivity index is 1.74. The van der Waals surface area contributed by atoms with E-state index in [-0.39, 0.29) is 24.9 Å². The van der Waals surface area contributed by atoms with Crippen molar-refractivity contribution in [3.63, 3.8) is 0 Å². The first-order valence-electron chi connectivity index (χ1n) is 8.68. The maximum absolute atomic E-state index is 12.8. The number of anilines is 1. The molecule has 1 N–H and O–H groups in total. The number of nitrogens with one attached hydrogen (secondary N) is 1. The maximum atomic E-state index is 12.8. The van der Waals surface area contributed by atoms with Crippen LogP contribution in [-0.2, 0) is 9.59 Å². The van der Waals surface area contributed by atoms with Crippen molar-refractivity contribution in [3.8, 4) is 18.1 Å². The highest BCUT2D eigenvalue weighted by Gasteiger charge is 2.34. The van der Waals surface area contributed by atoms with Gasteiger partial charge in [0.05, 0.1) is 25.3 Å². The molecule has 0 saturated carbocycles. The second kappa shape index (κ2) is 7.93. The molecular weight excluding hydrogens is 318 g/mol. The van der Waals surface area contributed by atoms with E-state index in [1.807, 2.05) is 34.1 Å². The van der Waals surface area contributed by atoms with Crippen LogP contribution in [0.3, 0.4) is 0 Å². The van der Waals surface area contributed by atoms with E-state index in [4.69, 9.17) is 11.2 Å². The quantitative estimate of drug-likeness (QED) is 0.831. The van der Waals surface area contributed by atoms with Crippen LogP contribution in [0.4, 0.5) is 5.69 Å². The van der Waals surface area contributed by atoms with Gasteiger partial charge < -0.3 is 19.9 Å². The Labute approximate surface area is 148 Å². The zero-order chi connectivity index (χ0) is 17.6. The number of piperidine rings is 1. The van der Waals surface area contributed by atoms with Crippen LogP contribution in [0.1, 0.15) is 19.3 Å². The summed E-state index contributed by atoms with van der Waals surface area (Å²) in [6.07, 6.45) is 7.83. The topological polar surface area (TPSA) is 61.9 Å². The predicted octanol–water partition coefficient (Wildman–Crippen LogP) is 1.02. The minimum atomic E-state index is -0.589. The van der Waals surface area contributed by atoms with Gasteiger partial charge in [-0.25, -0.2) is 0 Å². The Morgan fingerprint density at radius 3 is 2.76 bits per heavy atom. The van der Waals surface area contributed by atoms with E-state index in [9.17, 15) is 9.59 Å². The maximum Gasteiger partial charge on any atom is 0.265 e. The first-order valence-corrected chi connectivity index (χ1v) is 8.68. The van der Waals surface area contributed by atoms with Crippen LogP contribution in [0.15, 0.2) is 24.3 Å². The summed E-state index contributed by atoms with van der Waals surface area (Å²) in [4.78, 5) is 28.6. The SMILES string of the molecule is C#CCNC(=O)CN1C[C@H](C(=O)N2CCCCC2)Oc2ccccc21. The number of terminal acetylenes is 1. The average molecular weight is 341 g/mol. The van der Waals surface area contributed by atoms with Crippen molar-refractivity contribution in [2.24, 2.45) is 0 Å². The number of hydrogen-bond acceptors (Lipinski definition) is 4. The molecule has 132 valence electrons. The molecule has 2 aliphatic heterocycles. The van der Waals surface area contributed by atoms with Crippen molar-refractivity contribution in [1.29, 1.82) is 0 Å². The van der Waals surface area contributed by atoms with Crippen molar-refractivity contribution >= 4 is 17.5 Å². The van der Waals surface area contributed by atoms with Crippen molar-refractivity contribution < 1.29 is 14.3 Å². The number of rotatable bonds is 4. The Morgan fingerprint density at radius 1 is 1.24 bits per heavy atom. The van der Waals surface area contributed by atoms with Gasteiger partial charge in [-0.3, -0.25) is 9.59 Å². The van der Waals surface area contributed by atoms with Crippen LogP contribution >= 0.6 is 0 Å². The lowest BCUT2D eigenvalue weighted by molar-refractivity contribution is -0.139. The molecule has 1 aromatic carbocycles. The number of fused-ring (bicyclic) bond motifs is 1. The van der Waals surface area contributed by atoms with E-state index in [2.05, 4.69) is 11.2 Å². The summed E-state index contributed by atoms with van der Waals surface area (Å²) in [5, 5.41) is 2.66. The van der Waals surface area contributed by atoms with Gasteiger partial charge in [-0.05, 0) is 31.4 Å². The molecule has 0 aliphatic carbocycles. The Bertz CT molecular complexity index is 677. The number of nitrogens with zero attached hydrogens (tertiary/aromatic N) is 2. The fourth-order valence-corrected chi connectivity index (χ4v) is 3.28.